The number of pyridine rings is 1. The number of amides is 1. The molecule has 0 saturated carbocycles. The van der Waals surface area contributed by atoms with Crippen LogP contribution in [0.3, 0.4) is 0 Å². The summed E-state index contributed by atoms with van der Waals surface area (Å²) in [5, 5.41) is 2.78. The summed E-state index contributed by atoms with van der Waals surface area (Å²) in [7, 11) is 0. The van der Waals surface area contributed by atoms with Crippen molar-refractivity contribution in [1.29, 1.82) is 0 Å². The third-order valence-corrected chi connectivity index (χ3v) is 4.93. The summed E-state index contributed by atoms with van der Waals surface area (Å²) >= 11 is 0. The topological polar surface area (TPSA) is 77.5 Å². The number of hydrogen-bond acceptors (Lipinski definition) is 5. The maximum Gasteiger partial charge on any atom is 0.407 e. The first-order valence-corrected chi connectivity index (χ1v) is 10.5. The van der Waals surface area contributed by atoms with Gasteiger partial charge in [0, 0.05) is 18.8 Å². The summed E-state index contributed by atoms with van der Waals surface area (Å²) in [5.74, 6) is -0.275. The van der Waals surface area contributed by atoms with Gasteiger partial charge in [0.2, 0.25) is 5.88 Å². The smallest absolute Gasteiger partial charge is 0.407 e. The molecule has 33 heavy (non-hydrogen) atoms. The molecule has 0 saturated heterocycles. The molecule has 4 rings (SSSR count). The lowest BCUT2D eigenvalue weighted by molar-refractivity contribution is 0.0728. The highest BCUT2D eigenvalue weighted by molar-refractivity contribution is 5.98. The van der Waals surface area contributed by atoms with Crippen LogP contribution in [0, 0.1) is 0 Å². The van der Waals surface area contributed by atoms with Crippen LogP contribution in [0.1, 0.15) is 21.5 Å². The summed E-state index contributed by atoms with van der Waals surface area (Å²) in [6.45, 7) is 0.434. The molecule has 4 aromatic rings. The molecule has 6 nitrogen and oxygen atoms in total. The standard InChI is InChI=1S/C27H22N2O4/c30-26(33-25-16-8-9-17-28-25)24-15-7-6-14-23(24)22-13-5-4-12-21(22)18-29-27(31)32-19-20-10-2-1-3-11-20/h1-17H,18-19H2,(H,29,31). The Morgan fingerprint density at radius 2 is 1.45 bits per heavy atom. The van der Waals surface area contributed by atoms with Crippen molar-refractivity contribution in [2.24, 2.45) is 0 Å². The average Bonchev–Trinajstić information content (AvgIpc) is 2.87. The summed E-state index contributed by atoms with van der Waals surface area (Å²) < 4.78 is 10.7. The third kappa shape index (κ3) is 5.83. The van der Waals surface area contributed by atoms with Crippen LogP contribution in [0.15, 0.2) is 103 Å². The Morgan fingerprint density at radius 3 is 2.24 bits per heavy atom. The number of esters is 1. The van der Waals surface area contributed by atoms with Crippen LogP contribution in [-0.2, 0) is 17.9 Å². The Hall–Kier alpha value is -4.45. The zero-order valence-electron chi connectivity index (χ0n) is 17.8. The van der Waals surface area contributed by atoms with E-state index in [-0.39, 0.29) is 19.0 Å². The van der Waals surface area contributed by atoms with Gasteiger partial charge in [0.1, 0.15) is 6.61 Å². The molecular formula is C27H22N2O4. The molecule has 0 fully saturated rings. The fraction of sp³-hybridized carbons (Fsp3) is 0.0741. The van der Waals surface area contributed by atoms with E-state index in [9.17, 15) is 9.59 Å². The van der Waals surface area contributed by atoms with Crippen LogP contribution in [0.25, 0.3) is 11.1 Å². The van der Waals surface area contributed by atoms with Crippen LogP contribution in [0.4, 0.5) is 4.79 Å². The summed E-state index contributed by atoms with van der Waals surface area (Å²) in [5.41, 5.74) is 3.67. The second-order valence-corrected chi connectivity index (χ2v) is 7.18. The van der Waals surface area contributed by atoms with Crippen molar-refractivity contribution in [1.82, 2.24) is 10.3 Å². The highest BCUT2D eigenvalue weighted by Gasteiger charge is 2.17. The fourth-order valence-corrected chi connectivity index (χ4v) is 3.33. The Balaban J connectivity index is 1.48. The lowest BCUT2D eigenvalue weighted by Gasteiger charge is -2.14. The SMILES string of the molecule is O=C(NCc1ccccc1-c1ccccc1C(=O)Oc1ccccn1)OCc1ccccc1. The van der Waals surface area contributed by atoms with Gasteiger partial charge in [-0.1, -0.05) is 78.9 Å². The molecule has 0 aliphatic carbocycles. The molecule has 3 aromatic carbocycles. The molecular weight excluding hydrogens is 416 g/mol. The van der Waals surface area contributed by atoms with E-state index in [1.54, 1.807) is 36.5 Å². The molecule has 1 N–H and O–H groups in total. The van der Waals surface area contributed by atoms with Crippen LogP contribution < -0.4 is 10.1 Å². The summed E-state index contributed by atoms with van der Waals surface area (Å²) in [4.78, 5) is 29.1. The fourth-order valence-electron chi connectivity index (χ4n) is 3.33. The third-order valence-electron chi connectivity index (χ3n) is 4.93. The van der Waals surface area contributed by atoms with E-state index >= 15 is 0 Å². The molecule has 0 radical (unpaired) electrons. The molecule has 1 heterocycles. The van der Waals surface area contributed by atoms with E-state index in [1.807, 2.05) is 66.7 Å². The monoisotopic (exact) mass is 438 g/mol. The number of carbonyl (C=O) groups excluding carboxylic acids is 2. The minimum absolute atomic E-state index is 0.191. The van der Waals surface area contributed by atoms with Gasteiger partial charge in [0.05, 0.1) is 5.56 Å². The molecule has 6 heteroatoms. The average molecular weight is 438 g/mol. The van der Waals surface area contributed by atoms with E-state index in [4.69, 9.17) is 9.47 Å². The van der Waals surface area contributed by atoms with Crippen LogP contribution in [0.2, 0.25) is 0 Å². The molecule has 0 aliphatic rings. The first-order valence-electron chi connectivity index (χ1n) is 10.5. The molecule has 0 spiro atoms. The number of aromatic nitrogens is 1. The van der Waals surface area contributed by atoms with Crippen molar-refractivity contribution in [3.05, 3.63) is 120 Å². The number of rotatable bonds is 7. The van der Waals surface area contributed by atoms with Crippen molar-refractivity contribution in [2.45, 2.75) is 13.2 Å². The quantitative estimate of drug-likeness (QED) is 0.391. The van der Waals surface area contributed by atoms with Crippen molar-refractivity contribution in [3.63, 3.8) is 0 Å². The second kappa shape index (κ2) is 10.7. The van der Waals surface area contributed by atoms with Gasteiger partial charge in [-0.2, -0.15) is 0 Å². The molecule has 1 aromatic heterocycles. The van der Waals surface area contributed by atoms with E-state index in [1.165, 1.54) is 0 Å². The van der Waals surface area contributed by atoms with Crippen LogP contribution in [-0.4, -0.2) is 17.0 Å². The predicted molar refractivity (Wildman–Crippen MR) is 125 cm³/mol. The zero-order valence-corrected chi connectivity index (χ0v) is 17.8. The second-order valence-electron chi connectivity index (χ2n) is 7.18. The van der Waals surface area contributed by atoms with Gasteiger partial charge >= 0.3 is 12.1 Å². The number of ether oxygens (including phenoxy) is 2. The van der Waals surface area contributed by atoms with E-state index < -0.39 is 12.1 Å². The highest BCUT2D eigenvalue weighted by atomic mass is 16.5. The van der Waals surface area contributed by atoms with Crippen molar-refractivity contribution in [2.75, 3.05) is 0 Å². The highest BCUT2D eigenvalue weighted by Crippen LogP contribution is 2.28. The van der Waals surface area contributed by atoms with Crippen molar-refractivity contribution >= 4 is 12.1 Å². The summed E-state index contributed by atoms with van der Waals surface area (Å²) in [6, 6.07) is 29.3. The van der Waals surface area contributed by atoms with E-state index in [2.05, 4.69) is 10.3 Å². The Morgan fingerprint density at radius 1 is 0.758 bits per heavy atom. The van der Waals surface area contributed by atoms with E-state index in [0.717, 1.165) is 16.7 Å². The number of nitrogens with zero attached hydrogens (tertiary/aromatic N) is 1. The molecule has 0 unspecified atom stereocenters. The first kappa shape index (κ1) is 21.8. The zero-order chi connectivity index (χ0) is 22.9. The van der Waals surface area contributed by atoms with Gasteiger partial charge < -0.3 is 14.8 Å². The number of hydrogen-bond donors (Lipinski definition) is 1. The first-order chi connectivity index (χ1) is 16.2. The van der Waals surface area contributed by atoms with Crippen molar-refractivity contribution < 1.29 is 19.1 Å². The minimum atomic E-state index is -0.517. The maximum atomic E-state index is 12.9. The van der Waals surface area contributed by atoms with Gasteiger partial charge in [-0.25, -0.2) is 14.6 Å². The van der Waals surface area contributed by atoms with Crippen LogP contribution in [0.5, 0.6) is 5.88 Å². The Kier molecular flexibility index (Phi) is 7.08. The molecule has 0 aliphatic heterocycles. The lowest BCUT2D eigenvalue weighted by Crippen LogP contribution is -2.24. The molecule has 0 atom stereocenters. The van der Waals surface area contributed by atoms with Gasteiger partial charge in [-0.3, -0.25) is 0 Å². The number of alkyl carbamates (subject to hydrolysis) is 1. The molecule has 0 bridgehead atoms. The molecule has 164 valence electrons. The Labute approximate surface area is 191 Å². The summed E-state index contributed by atoms with van der Waals surface area (Å²) in [6.07, 6.45) is 1.04. The normalized spacial score (nSPS) is 10.3. The van der Waals surface area contributed by atoms with Gasteiger partial charge in [0.25, 0.3) is 0 Å². The number of carbonyl (C=O) groups is 2. The van der Waals surface area contributed by atoms with Crippen molar-refractivity contribution in [3.8, 4) is 17.0 Å². The van der Waals surface area contributed by atoms with Gasteiger partial charge in [-0.05, 0) is 34.4 Å². The van der Waals surface area contributed by atoms with Crippen LogP contribution >= 0.6 is 0 Å². The Bertz CT molecular complexity index is 1230. The number of nitrogens with one attached hydrogen (secondary N) is 1. The largest absolute Gasteiger partial charge is 0.445 e. The lowest BCUT2D eigenvalue weighted by atomic mass is 9.95. The van der Waals surface area contributed by atoms with Gasteiger partial charge in [-0.15, -0.1) is 0 Å². The van der Waals surface area contributed by atoms with Gasteiger partial charge in [0.15, 0.2) is 0 Å². The predicted octanol–water partition coefficient (Wildman–Crippen LogP) is 5.39. The molecule has 1 amide bonds. The minimum Gasteiger partial charge on any atom is -0.445 e. The number of benzene rings is 3. The van der Waals surface area contributed by atoms with E-state index in [0.29, 0.717) is 11.1 Å². The maximum absolute atomic E-state index is 12.9.